The van der Waals surface area contributed by atoms with Gasteiger partial charge in [-0.2, -0.15) is 0 Å². The van der Waals surface area contributed by atoms with Gasteiger partial charge >= 0.3 is 0 Å². The van der Waals surface area contributed by atoms with Gasteiger partial charge in [0.2, 0.25) is 0 Å². The van der Waals surface area contributed by atoms with Gasteiger partial charge in [0.05, 0.1) is 33.5 Å². The topological polar surface area (TPSA) is 61.4 Å². The summed E-state index contributed by atoms with van der Waals surface area (Å²) in [6.45, 7) is 0.0799. The van der Waals surface area contributed by atoms with Gasteiger partial charge in [-0.15, -0.1) is 0 Å². The zero-order valence-electron chi connectivity index (χ0n) is 22.9. The van der Waals surface area contributed by atoms with E-state index in [4.69, 9.17) is 19.9 Å². The molecule has 7 heteroatoms. The molecule has 0 N–H and O–H groups in total. The Morgan fingerprint density at radius 2 is 1.00 bits per heavy atom. The number of imidazole rings is 2. The van der Waals surface area contributed by atoms with Crippen molar-refractivity contribution in [3.05, 3.63) is 128 Å². The number of hydrogen-bond acceptors (Lipinski definition) is 4. The van der Waals surface area contributed by atoms with Crippen molar-refractivity contribution in [3.63, 3.8) is 0 Å². The molecule has 0 fully saturated rings. The van der Waals surface area contributed by atoms with Gasteiger partial charge in [-0.1, -0.05) is 84.9 Å². The number of nitrogens with zero attached hydrogens (tertiary/aromatic N) is 6. The van der Waals surface area contributed by atoms with Crippen LogP contribution in [0.3, 0.4) is 0 Å². The molecule has 198 valence electrons. The van der Waals surface area contributed by atoms with Crippen LogP contribution >= 0.6 is 0 Å². The van der Waals surface area contributed by atoms with E-state index < -0.39 is 0 Å². The second-order valence-corrected chi connectivity index (χ2v) is 11.2. The first-order valence-corrected chi connectivity index (χ1v) is 14.4. The fraction of sp³-hybridized carbons (Fsp3) is 0. The Morgan fingerprint density at radius 1 is 0.488 bits per heavy atom. The SMILES string of the molecule is c1ccc(-c2cc(-c3ccccc3)nc(-c3cc4c5c(c3)-n3cnc6cccc(c63)B5c3cccc5ncn-4c35)n2)cc1. The Labute approximate surface area is 247 Å². The van der Waals surface area contributed by atoms with Crippen LogP contribution in [0.4, 0.5) is 0 Å². The Kier molecular flexibility index (Phi) is 4.44. The third kappa shape index (κ3) is 3.13. The van der Waals surface area contributed by atoms with Crippen molar-refractivity contribution in [2.24, 2.45) is 0 Å². The first kappa shape index (κ1) is 22.8. The summed E-state index contributed by atoms with van der Waals surface area (Å²) in [6.07, 6.45) is 3.90. The highest BCUT2D eigenvalue weighted by Gasteiger charge is 2.39. The van der Waals surface area contributed by atoms with Crippen LogP contribution in [0.25, 0.3) is 67.3 Å². The molecule has 0 unspecified atom stereocenters. The summed E-state index contributed by atoms with van der Waals surface area (Å²) in [7, 11) is 0. The van der Waals surface area contributed by atoms with Gasteiger partial charge in [-0.05, 0) is 46.7 Å². The molecule has 0 atom stereocenters. The lowest BCUT2D eigenvalue weighted by Gasteiger charge is -2.32. The van der Waals surface area contributed by atoms with Gasteiger partial charge in [0, 0.05) is 28.1 Å². The molecule has 3 aromatic heterocycles. The number of hydrogen-bond donors (Lipinski definition) is 0. The van der Waals surface area contributed by atoms with Crippen molar-refractivity contribution in [1.29, 1.82) is 0 Å². The maximum Gasteiger partial charge on any atom is 0.252 e. The summed E-state index contributed by atoms with van der Waals surface area (Å²) in [5, 5.41) is 0. The normalized spacial score (nSPS) is 12.6. The fourth-order valence-corrected chi connectivity index (χ4v) is 7.03. The molecule has 0 spiro atoms. The monoisotopic (exact) mass is 548 g/mol. The maximum atomic E-state index is 5.16. The van der Waals surface area contributed by atoms with Crippen LogP contribution in [0.15, 0.2) is 128 Å². The molecule has 0 saturated heterocycles. The number of aromatic nitrogens is 6. The minimum atomic E-state index is 0.0799. The Bertz CT molecular complexity index is 2250. The second-order valence-electron chi connectivity index (χ2n) is 11.2. The van der Waals surface area contributed by atoms with E-state index in [1.165, 1.54) is 16.4 Å². The minimum Gasteiger partial charge on any atom is -0.300 e. The van der Waals surface area contributed by atoms with E-state index in [9.17, 15) is 0 Å². The molecule has 2 aliphatic rings. The fourth-order valence-electron chi connectivity index (χ4n) is 7.03. The Morgan fingerprint density at radius 3 is 1.51 bits per heavy atom. The highest BCUT2D eigenvalue weighted by atomic mass is 15.1. The van der Waals surface area contributed by atoms with Crippen LogP contribution in [-0.2, 0) is 0 Å². The predicted octanol–water partition coefficient (Wildman–Crippen LogP) is 5.30. The summed E-state index contributed by atoms with van der Waals surface area (Å²) >= 11 is 0. The van der Waals surface area contributed by atoms with E-state index in [0.29, 0.717) is 5.82 Å². The molecule has 0 amide bonds. The summed E-state index contributed by atoms with van der Waals surface area (Å²) in [5.74, 6) is 0.682. The van der Waals surface area contributed by atoms with Gasteiger partial charge in [0.25, 0.3) is 6.71 Å². The summed E-state index contributed by atoms with van der Waals surface area (Å²) in [4.78, 5) is 20.0. The Balaban J connectivity index is 1.30. The molecule has 10 rings (SSSR count). The third-order valence-electron chi connectivity index (χ3n) is 8.89. The quantitative estimate of drug-likeness (QED) is 0.282. The van der Waals surface area contributed by atoms with Crippen molar-refractivity contribution in [1.82, 2.24) is 29.1 Å². The number of rotatable bonds is 3. The summed E-state index contributed by atoms with van der Waals surface area (Å²) in [6, 6.07) is 40.1. The lowest BCUT2D eigenvalue weighted by Crippen LogP contribution is -2.59. The number of benzene rings is 5. The van der Waals surface area contributed by atoms with E-state index in [1.807, 2.05) is 49.1 Å². The number of para-hydroxylation sites is 2. The molecule has 0 saturated carbocycles. The molecular weight excluding hydrogens is 527 g/mol. The predicted molar refractivity (Wildman–Crippen MR) is 172 cm³/mol. The number of fused-ring (bicyclic) bond motifs is 4. The van der Waals surface area contributed by atoms with Gasteiger partial charge in [0.15, 0.2) is 5.82 Å². The van der Waals surface area contributed by atoms with Crippen molar-refractivity contribution in [2.75, 3.05) is 0 Å². The average Bonchev–Trinajstić information content (AvgIpc) is 3.72. The van der Waals surface area contributed by atoms with E-state index in [-0.39, 0.29) is 6.71 Å². The molecule has 43 heavy (non-hydrogen) atoms. The summed E-state index contributed by atoms with van der Waals surface area (Å²) in [5.41, 5.74) is 15.1. The first-order chi connectivity index (χ1) is 21.3. The Hall–Kier alpha value is -5.82. The lowest BCUT2D eigenvalue weighted by molar-refractivity contribution is 1.06. The first-order valence-electron chi connectivity index (χ1n) is 14.4. The maximum absolute atomic E-state index is 5.16. The van der Waals surface area contributed by atoms with E-state index in [0.717, 1.165) is 61.5 Å². The zero-order valence-corrected chi connectivity index (χ0v) is 22.9. The smallest absolute Gasteiger partial charge is 0.252 e. The van der Waals surface area contributed by atoms with Crippen LogP contribution in [0.5, 0.6) is 0 Å². The zero-order chi connectivity index (χ0) is 28.1. The van der Waals surface area contributed by atoms with Gasteiger partial charge < -0.3 is 0 Å². The van der Waals surface area contributed by atoms with Crippen molar-refractivity contribution < 1.29 is 0 Å². The van der Waals surface area contributed by atoms with E-state index in [1.54, 1.807) is 0 Å². The highest BCUT2D eigenvalue weighted by Crippen LogP contribution is 2.34. The molecule has 5 heterocycles. The van der Waals surface area contributed by atoms with Crippen LogP contribution in [0.2, 0.25) is 0 Å². The van der Waals surface area contributed by atoms with E-state index in [2.05, 4.69) is 88.0 Å². The van der Waals surface area contributed by atoms with Crippen LogP contribution in [0, 0.1) is 0 Å². The van der Waals surface area contributed by atoms with Gasteiger partial charge in [-0.25, -0.2) is 19.9 Å². The van der Waals surface area contributed by atoms with Crippen LogP contribution in [-0.4, -0.2) is 35.8 Å². The molecule has 0 radical (unpaired) electrons. The highest BCUT2D eigenvalue weighted by molar-refractivity contribution is 7.00. The van der Waals surface area contributed by atoms with Gasteiger partial charge in [-0.3, -0.25) is 9.13 Å². The standard InChI is InChI=1S/C36H21BN6/c1-3-9-22(10-4-1)29-19-30(23-11-5-2-6-12-23)41-36(40-29)24-17-31-33-32(18-24)43-21-39-28-16-8-14-26(35(28)43)37(33)25-13-7-15-27-34(25)42(31)20-38-27/h1-21H. The van der Waals surface area contributed by atoms with Crippen LogP contribution in [0.1, 0.15) is 0 Å². The average molecular weight is 548 g/mol. The third-order valence-corrected chi connectivity index (χ3v) is 8.89. The van der Waals surface area contributed by atoms with E-state index >= 15 is 0 Å². The van der Waals surface area contributed by atoms with Crippen LogP contribution < -0.4 is 16.4 Å². The molecule has 5 aromatic carbocycles. The molecule has 2 aliphatic heterocycles. The van der Waals surface area contributed by atoms with Crippen molar-refractivity contribution >= 4 is 45.2 Å². The van der Waals surface area contributed by atoms with Gasteiger partial charge in [0.1, 0.15) is 12.7 Å². The molecule has 0 aliphatic carbocycles. The minimum absolute atomic E-state index is 0.0799. The molecule has 6 nitrogen and oxygen atoms in total. The molecular formula is C36H21BN6. The summed E-state index contributed by atoms with van der Waals surface area (Å²) < 4.78 is 4.48. The van der Waals surface area contributed by atoms with Crippen molar-refractivity contribution in [2.45, 2.75) is 0 Å². The van der Waals surface area contributed by atoms with Crippen molar-refractivity contribution in [3.8, 4) is 45.3 Å². The molecule has 0 bridgehead atoms. The largest absolute Gasteiger partial charge is 0.300 e. The molecule has 8 aromatic rings. The lowest BCUT2D eigenvalue weighted by atomic mass is 9.34. The second kappa shape index (κ2) is 8.36.